The molecule has 3 heterocycles. The summed E-state index contributed by atoms with van der Waals surface area (Å²) in [5.41, 5.74) is 2.30. The Kier molecular flexibility index (Phi) is 4.35. The lowest BCUT2D eigenvalue weighted by molar-refractivity contribution is 0.0903. The van der Waals surface area contributed by atoms with Gasteiger partial charge in [-0.3, -0.25) is 0 Å². The molecule has 1 aliphatic rings. The number of fused-ring (bicyclic) bond motifs is 1. The molecule has 0 bridgehead atoms. The summed E-state index contributed by atoms with van der Waals surface area (Å²) in [6.07, 6.45) is 3.61. The highest BCUT2D eigenvalue weighted by molar-refractivity contribution is 7.89. The highest BCUT2D eigenvalue weighted by Gasteiger charge is 2.15. The van der Waals surface area contributed by atoms with Crippen LogP contribution in [0.3, 0.4) is 0 Å². The fourth-order valence-electron chi connectivity index (χ4n) is 3.01. The van der Waals surface area contributed by atoms with Gasteiger partial charge < -0.3 is 10.1 Å². The van der Waals surface area contributed by atoms with Crippen LogP contribution in [0.25, 0.3) is 16.9 Å². The zero-order chi connectivity index (χ0) is 18.1. The molecular formula is C17H19N5O3S. The minimum absolute atomic E-state index is 0.0740. The molecule has 3 aromatic rings. The fourth-order valence-corrected chi connectivity index (χ4v) is 3.53. The first kappa shape index (κ1) is 17.0. The largest absolute Gasteiger partial charge is 0.381 e. The number of ether oxygens (including phenoxy) is 1. The summed E-state index contributed by atoms with van der Waals surface area (Å²) >= 11 is 0. The number of rotatable bonds is 4. The van der Waals surface area contributed by atoms with Gasteiger partial charge in [0.25, 0.3) is 0 Å². The van der Waals surface area contributed by atoms with Gasteiger partial charge in [0.1, 0.15) is 5.82 Å². The minimum Gasteiger partial charge on any atom is -0.381 e. The molecule has 2 aromatic heterocycles. The SMILES string of the molecule is NS(=O)(=O)c1ccc(-c2cnc3ccc(NC4CCOCC4)nn23)cc1. The van der Waals surface area contributed by atoms with Crippen molar-refractivity contribution in [2.75, 3.05) is 18.5 Å². The summed E-state index contributed by atoms with van der Waals surface area (Å²) in [6.45, 7) is 1.51. The standard InChI is InChI=1S/C17H19N5O3S/c18-26(23,24)14-3-1-12(2-4-14)15-11-19-17-6-5-16(21-22(15)17)20-13-7-9-25-10-8-13/h1-6,11,13H,7-10H2,(H,20,21)(H2,18,23,24). The number of imidazole rings is 1. The molecule has 3 N–H and O–H groups in total. The van der Waals surface area contributed by atoms with Gasteiger partial charge >= 0.3 is 0 Å². The molecule has 26 heavy (non-hydrogen) atoms. The third-order valence-corrected chi connectivity index (χ3v) is 5.34. The zero-order valence-electron chi connectivity index (χ0n) is 14.0. The van der Waals surface area contributed by atoms with Gasteiger partial charge in [-0.2, -0.15) is 0 Å². The van der Waals surface area contributed by atoms with Crippen LogP contribution in [0.2, 0.25) is 0 Å². The Hall–Kier alpha value is -2.49. The average molecular weight is 373 g/mol. The molecule has 8 nitrogen and oxygen atoms in total. The van der Waals surface area contributed by atoms with E-state index in [0.717, 1.165) is 43.1 Å². The predicted octanol–water partition coefficient (Wildman–Crippen LogP) is 1.63. The summed E-state index contributed by atoms with van der Waals surface area (Å²) in [7, 11) is -3.71. The van der Waals surface area contributed by atoms with Gasteiger partial charge in [0, 0.05) is 24.8 Å². The first-order chi connectivity index (χ1) is 12.5. The number of nitrogens with two attached hydrogens (primary N) is 1. The highest BCUT2D eigenvalue weighted by atomic mass is 32.2. The third-order valence-electron chi connectivity index (χ3n) is 4.41. The lowest BCUT2D eigenvalue weighted by Gasteiger charge is -2.23. The normalized spacial score (nSPS) is 16.0. The van der Waals surface area contributed by atoms with E-state index in [1.165, 1.54) is 12.1 Å². The number of anilines is 1. The molecule has 0 amide bonds. The van der Waals surface area contributed by atoms with Gasteiger partial charge in [-0.15, -0.1) is 5.10 Å². The van der Waals surface area contributed by atoms with Crippen LogP contribution in [0.1, 0.15) is 12.8 Å². The van der Waals surface area contributed by atoms with E-state index in [9.17, 15) is 8.42 Å². The van der Waals surface area contributed by atoms with E-state index in [1.54, 1.807) is 22.8 Å². The summed E-state index contributed by atoms with van der Waals surface area (Å²) in [5, 5.41) is 13.2. The first-order valence-corrected chi connectivity index (χ1v) is 9.88. The van der Waals surface area contributed by atoms with Crippen LogP contribution in [-0.4, -0.2) is 42.3 Å². The van der Waals surface area contributed by atoms with Crippen molar-refractivity contribution in [1.82, 2.24) is 14.6 Å². The van der Waals surface area contributed by atoms with E-state index in [0.29, 0.717) is 11.7 Å². The van der Waals surface area contributed by atoms with Gasteiger partial charge in [0.15, 0.2) is 5.65 Å². The minimum atomic E-state index is -3.71. The molecule has 0 saturated carbocycles. The molecule has 9 heteroatoms. The van der Waals surface area contributed by atoms with E-state index in [2.05, 4.69) is 15.4 Å². The molecule has 0 atom stereocenters. The van der Waals surface area contributed by atoms with Crippen molar-refractivity contribution in [1.29, 1.82) is 0 Å². The second kappa shape index (κ2) is 6.67. The van der Waals surface area contributed by atoms with E-state index >= 15 is 0 Å². The molecule has 0 radical (unpaired) electrons. The Bertz CT molecular complexity index is 1020. The topological polar surface area (TPSA) is 112 Å². The van der Waals surface area contributed by atoms with Crippen LogP contribution < -0.4 is 10.5 Å². The number of hydrogen-bond acceptors (Lipinski definition) is 6. The average Bonchev–Trinajstić information content (AvgIpc) is 3.05. The van der Waals surface area contributed by atoms with Gasteiger partial charge in [0.2, 0.25) is 10.0 Å². The summed E-state index contributed by atoms with van der Waals surface area (Å²) in [5.74, 6) is 0.768. The predicted molar refractivity (Wildman–Crippen MR) is 97.3 cm³/mol. The number of nitrogens with zero attached hydrogens (tertiary/aromatic N) is 3. The molecule has 0 spiro atoms. The smallest absolute Gasteiger partial charge is 0.238 e. The van der Waals surface area contributed by atoms with Crippen LogP contribution in [0.15, 0.2) is 47.5 Å². The Morgan fingerprint density at radius 2 is 1.85 bits per heavy atom. The fraction of sp³-hybridized carbons (Fsp3) is 0.294. The highest BCUT2D eigenvalue weighted by Crippen LogP contribution is 2.23. The second-order valence-electron chi connectivity index (χ2n) is 6.23. The first-order valence-electron chi connectivity index (χ1n) is 8.33. The number of primary sulfonamides is 1. The zero-order valence-corrected chi connectivity index (χ0v) is 14.8. The number of benzene rings is 1. The molecule has 1 fully saturated rings. The molecule has 136 valence electrons. The van der Waals surface area contributed by atoms with Crippen LogP contribution in [0.5, 0.6) is 0 Å². The second-order valence-corrected chi connectivity index (χ2v) is 7.79. The van der Waals surface area contributed by atoms with Crippen LogP contribution in [-0.2, 0) is 14.8 Å². The Morgan fingerprint density at radius 1 is 1.12 bits per heavy atom. The molecule has 4 rings (SSSR count). The van der Waals surface area contributed by atoms with Gasteiger partial charge in [-0.25, -0.2) is 23.1 Å². The number of nitrogens with one attached hydrogen (secondary N) is 1. The van der Waals surface area contributed by atoms with Crippen molar-refractivity contribution in [3.63, 3.8) is 0 Å². The molecule has 0 unspecified atom stereocenters. The Balaban J connectivity index is 1.66. The van der Waals surface area contributed by atoms with Crippen LogP contribution >= 0.6 is 0 Å². The van der Waals surface area contributed by atoms with Crippen molar-refractivity contribution in [3.8, 4) is 11.3 Å². The van der Waals surface area contributed by atoms with Gasteiger partial charge in [-0.05, 0) is 37.1 Å². The summed E-state index contributed by atoms with van der Waals surface area (Å²) < 4.78 is 29.9. The van der Waals surface area contributed by atoms with Gasteiger partial charge in [-0.1, -0.05) is 12.1 Å². The van der Waals surface area contributed by atoms with Crippen molar-refractivity contribution in [3.05, 3.63) is 42.6 Å². The quantitative estimate of drug-likeness (QED) is 0.719. The maximum atomic E-state index is 11.4. The molecule has 1 aliphatic heterocycles. The van der Waals surface area contributed by atoms with E-state index in [4.69, 9.17) is 9.88 Å². The number of aromatic nitrogens is 3. The van der Waals surface area contributed by atoms with Crippen molar-refractivity contribution < 1.29 is 13.2 Å². The van der Waals surface area contributed by atoms with Crippen molar-refractivity contribution in [2.24, 2.45) is 5.14 Å². The number of hydrogen-bond donors (Lipinski definition) is 2. The van der Waals surface area contributed by atoms with E-state index in [-0.39, 0.29) is 4.90 Å². The van der Waals surface area contributed by atoms with E-state index < -0.39 is 10.0 Å². The monoisotopic (exact) mass is 373 g/mol. The molecule has 1 saturated heterocycles. The van der Waals surface area contributed by atoms with Crippen molar-refractivity contribution in [2.45, 2.75) is 23.8 Å². The lowest BCUT2D eigenvalue weighted by Crippen LogP contribution is -2.28. The van der Waals surface area contributed by atoms with E-state index in [1.807, 2.05) is 12.1 Å². The summed E-state index contributed by atoms with van der Waals surface area (Å²) in [4.78, 5) is 4.44. The molecule has 0 aliphatic carbocycles. The Labute approximate surface area is 151 Å². The third kappa shape index (κ3) is 3.41. The molecule has 1 aromatic carbocycles. The lowest BCUT2D eigenvalue weighted by atomic mass is 10.1. The summed E-state index contributed by atoms with van der Waals surface area (Å²) in [6, 6.07) is 10.5. The Morgan fingerprint density at radius 3 is 2.54 bits per heavy atom. The molecular weight excluding hydrogens is 354 g/mol. The van der Waals surface area contributed by atoms with Crippen LogP contribution in [0.4, 0.5) is 5.82 Å². The van der Waals surface area contributed by atoms with Crippen LogP contribution in [0, 0.1) is 0 Å². The maximum Gasteiger partial charge on any atom is 0.238 e. The van der Waals surface area contributed by atoms with Gasteiger partial charge in [0.05, 0.1) is 16.8 Å². The van der Waals surface area contributed by atoms with Crippen molar-refractivity contribution >= 4 is 21.5 Å². The maximum absolute atomic E-state index is 11.4. The number of sulfonamides is 1.